The summed E-state index contributed by atoms with van der Waals surface area (Å²) in [4.78, 5) is 31.6. The zero-order valence-electron chi connectivity index (χ0n) is 14.3. The van der Waals surface area contributed by atoms with E-state index in [-0.39, 0.29) is 5.91 Å². The van der Waals surface area contributed by atoms with E-state index in [1.165, 1.54) is 13.2 Å². The Balaban J connectivity index is 1.73. The van der Waals surface area contributed by atoms with E-state index in [4.69, 9.17) is 4.74 Å². The summed E-state index contributed by atoms with van der Waals surface area (Å²) in [5, 5.41) is 3.71. The molecule has 0 aliphatic rings. The van der Waals surface area contributed by atoms with Gasteiger partial charge in [-0.1, -0.05) is 24.3 Å². The molecule has 6 nitrogen and oxygen atoms in total. The first-order chi connectivity index (χ1) is 12.7. The van der Waals surface area contributed by atoms with Crippen LogP contribution in [0.5, 0.6) is 0 Å². The Kier molecular flexibility index (Phi) is 5.43. The van der Waals surface area contributed by atoms with Crippen molar-refractivity contribution in [3.05, 3.63) is 72.2 Å². The number of aromatic amines is 1. The molecule has 0 aliphatic heterocycles. The van der Waals surface area contributed by atoms with Crippen LogP contribution in [0.15, 0.2) is 60.9 Å². The number of carbonyl (C=O) groups excluding carboxylic acids is 2. The third kappa shape index (κ3) is 4.16. The van der Waals surface area contributed by atoms with Crippen LogP contribution in [-0.2, 0) is 20.7 Å². The van der Waals surface area contributed by atoms with Crippen molar-refractivity contribution in [2.75, 3.05) is 7.11 Å². The number of hydrogen-bond acceptors (Lipinski definition) is 4. The summed E-state index contributed by atoms with van der Waals surface area (Å²) in [7, 11) is 1.31. The summed E-state index contributed by atoms with van der Waals surface area (Å²) in [6, 6.07) is 12.4. The monoisotopic (exact) mass is 349 g/mol. The van der Waals surface area contributed by atoms with Crippen LogP contribution in [0.25, 0.3) is 17.0 Å². The van der Waals surface area contributed by atoms with Crippen molar-refractivity contribution in [3.8, 4) is 0 Å². The number of fused-ring (bicyclic) bond motifs is 1. The summed E-state index contributed by atoms with van der Waals surface area (Å²) in [5.41, 5.74) is 2.58. The van der Waals surface area contributed by atoms with E-state index in [0.717, 1.165) is 16.5 Å². The van der Waals surface area contributed by atoms with Crippen molar-refractivity contribution in [1.82, 2.24) is 15.3 Å². The second-order valence-electron chi connectivity index (χ2n) is 5.74. The molecule has 26 heavy (non-hydrogen) atoms. The third-order valence-corrected chi connectivity index (χ3v) is 3.99. The molecule has 0 saturated heterocycles. The number of ether oxygens (including phenoxy) is 1. The molecule has 0 radical (unpaired) electrons. The fraction of sp³-hybridized carbons (Fsp3) is 0.150. The molecule has 1 aromatic carbocycles. The number of pyridine rings is 1. The second-order valence-corrected chi connectivity index (χ2v) is 5.74. The van der Waals surface area contributed by atoms with E-state index in [9.17, 15) is 9.59 Å². The standard InChI is InChI=1S/C20H19N3O3/c1-26-20(25)18(12-14-13-22-17-8-3-2-7-16(14)17)23-19(24)10-9-15-6-4-5-11-21-15/h2-11,13,18,22H,12H2,1H3,(H,23,24). The normalized spacial score (nSPS) is 12.2. The summed E-state index contributed by atoms with van der Waals surface area (Å²) < 4.78 is 4.84. The lowest BCUT2D eigenvalue weighted by Gasteiger charge is -2.15. The summed E-state index contributed by atoms with van der Waals surface area (Å²) in [6.07, 6.45) is 6.77. The minimum Gasteiger partial charge on any atom is -0.467 e. The van der Waals surface area contributed by atoms with Gasteiger partial charge in [0.2, 0.25) is 5.91 Å². The first-order valence-electron chi connectivity index (χ1n) is 8.20. The van der Waals surface area contributed by atoms with Crippen LogP contribution >= 0.6 is 0 Å². The quantitative estimate of drug-likeness (QED) is 0.529. The molecule has 2 aromatic heterocycles. The Bertz CT molecular complexity index is 932. The van der Waals surface area contributed by atoms with Crippen LogP contribution in [0.4, 0.5) is 0 Å². The number of para-hydroxylation sites is 1. The Morgan fingerprint density at radius 2 is 2.04 bits per heavy atom. The van der Waals surface area contributed by atoms with Gasteiger partial charge in [0.15, 0.2) is 0 Å². The lowest BCUT2D eigenvalue weighted by Crippen LogP contribution is -2.42. The Labute approximate surface area is 150 Å². The molecule has 1 atom stereocenters. The maximum atomic E-state index is 12.2. The third-order valence-electron chi connectivity index (χ3n) is 3.99. The maximum Gasteiger partial charge on any atom is 0.328 e. The number of amides is 1. The molecular weight excluding hydrogens is 330 g/mol. The topological polar surface area (TPSA) is 84.1 Å². The van der Waals surface area contributed by atoms with Gasteiger partial charge in [-0.3, -0.25) is 9.78 Å². The van der Waals surface area contributed by atoms with Gasteiger partial charge < -0.3 is 15.0 Å². The van der Waals surface area contributed by atoms with Crippen LogP contribution in [0.1, 0.15) is 11.3 Å². The predicted octanol–water partition coefficient (Wildman–Crippen LogP) is 2.48. The fourth-order valence-corrected chi connectivity index (χ4v) is 2.71. The number of carbonyl (C=O) groups is 2. The second kappa shape index (κ2) is 8.11. The molecular formula is C20H19N3O3. The number of methoxy groups -OCH3 is 1. The SMILES string of the molecule is COC(=O)C(Cc1c[nH]c2ccccc12)NC(=O)C=Cc1ccccn1. The van der Waals surface area contributed by atoms with Crippen molar-refractivity contribution in [2.45, 2.75) is 12.5 Å². The highest BCUT2D eigenvalue weighted by molar-refractivity contribution is 5.94. The first kappa shape index (κ1) is 17.4. The number of nitrogens with zero attached hydrogens (tertiary/aromatic N) is 1. The van der Waals surface area contributed by atoms with Gasteiger partial charge in [-0.05, 0) is 29.8 Å². The lowest BCUT2D eigenvalue weighted by molar-refractivity contribution is -0.144. The highest BCUT2D eigenvalue weighted by Gasteiger charge is 2.22. The van der Waals surface area contributed by atoms with Gasteiger partial charge in [-0.15, -0.1) is 0 Å². The molecule has 2 heterocycles. The van der Waals surface area contributed by atoms with Gasteiger partial charge in [-0.25, -0.2) is 4.79 Å². The number of benzene rings is 1. The zero-order chi connectivity index (χ0) is 18.4. The van der Waals surface area contributed by atoms with E-state index in [2.05, 4.69) is 15.3 Å². The van der Waals surface area contributed by atoms with Crippen LogP contribution in [0.3, 0.4) is 0 Å². The average molecular weight is 349 g/mol. The van der Waals surface area contributed by atoms with Gasteiger partial charge in [0.25, 0.3) is 0 Å². The molecule has 3 aromatic rings. The number of rotatable bonds is 6. The number of esters is 1. The number of H-pyrrole nitrogens is 1. The van der Waals surface area contributed by atoms with Crippen LogP contribution < -0.4 is 5.32 Å². The van der Waals surface area contributed by atoms with Crippen LogP contribution in [0, 0.1) is 0 Å². The van der Waals surface area contributed by atoms with Crippen molar-refractivity contribution in [2.24, 2.45) is 0 Å². The molecule has 2 N–H and O–H groups in total. The van der Waals surface area contributed by atoms with Gasteiger partial charge in [0.1, 0.15) is 6.04 Å². The number of nitrogens with one attached hydrogen (secondary N) is 2. The van der Waals surface area contributed by atoms with E-state index < -0.39 is 12.0 Å². The highest BCUT2D eigenvalue weighted by atomic mass is 16.5. The number of aromatic nitrogens is 2. The summed E-state index contributed by atoms with van der Waals surface area (Å²) >= 11 is 0. The molecule has 0 saturated carbocycles. The van der Waals surface area contributed by atoms with Gasteiger partial charge in [0.05, 0.1) is 12.8 Å². The molecule has 0 spiro atoms. The van der Waals surface area contributed by atoms with Gasteiger partial charge >= 0.3 is 5.97 Å². The fourth-order valence-electron chi connectivity index (χ4n) is 2.71. The van der Waals surface area contributed by atoms with E-state index in [1.54, 1.807) is 24.4 Å². The number of hydrogen-bond donors (Lipinski definition) is 2. The van der Waals surface area contributed by atoms with Crippen molar-refractivity contribution >= 4 is 28.9 Å². The Morgan fingerprint density at radius 1 is 1.23 bits per heavy atom. The first-order valence-corrected chi connectivity index (χ1v) is 8.20. The molecule has 0 bridgehead atoms. The predicted molar refractivity (Wildman–Crippen MR) is 99.2 cm³/mol. The lowest BCUT2D eigenvalue weighted by atomic mass is 10.0. The van der Waals surface area contributed by atoms with Gasteiger partial charge in [-0.2, -0.15) is 0 Å². The summed E-state index contributed by atoms with van der Waals surface area (Å²) in [5.74, 6) is -0.874. The van der Waals surface area contributed by atoms with E-state index >= 15 is 0 Å². The van der Waals surface area contributed by atoms with Crippen molar-refractivity contribution in [1.29, 1.82) is 0 Å². The van der Waals surface area contributed by atoms with Crippen LogP contribution in [0.2, 0.25) is 0 Å². The minimum absolute atomic E-state index is 0.333. The van der Waals surface area contributed by atoms with Crippen molar-refractivity contribution < 1.29 is 14.3 Å². The summed E-state index contributed by atoms with van der Waals surface area (Å²) in [6.45, 7) is 0. The Hall–Kier alpha value is -3.41. The van der Waals surface area contributed by atoms with Gasteiger partial charge in [0, 0.05) is 35.8 Å². The smallest absolute Gasteiger partial charge is 0.328 e. The van der Waals surface area contributed by atoms with Crippen molar-refractivity contribution in [3.63, 3.8) is 0 Å². The minimum atomic E-state index is -0.778. The Morgan fingerprint density at radius 3 is 2.81 bits per heavy atom. The highest BCUT2D eigenvalue weighted by Crippen LogP contribution is 2.19. The molecule has 1 unspecified atom stereocenters. The van der Waals surface area contributed by atoms with Crippen LogP contribution in [-0.4, -0.2) is 35.0 Å². The molecule has 6 heteroatoms. The molecule has 132 valence electrons. The largest absolute Gasteiger partial charge is 0.467 e. The van der Waals surface area contributed by atoms with E-state index in [1.807, 2.05) is 36.5 Å². The van der Waals surface area contributed by atoms with E-state index in [0.29, 0.717) is 12.1 Å². The molecule has 0 aliphatic carbocycles. The molecule has 3 rings (SSSR count). The zero-order valence-corrected chi connectivity index (χ0v) is 14.3. The molecule has 0 fully saturated rings. The maximum absolute atomic E-state index is 12.2. The average Bonchev–Trinajstić information content (AvgIpc) is 3.09. The molecule has 1 amide bonds.